The number of pyridine rings is 1. The van der Waals surface area contributed by atoms with Gasteiger partial charge in [0.25, 0.3) is 12.0 Å². The number of halogens is 2. The highest BCUT2D eigenvalue weighted by atomic mass is 19.3. The second kappa shape index (κ2) is 8.89. The van der Waals surface area contributed by atoms with Crippen molar-refractivity contribution in [2.75, 3.05) is 19.4 Å². The van der Waals surface area contributed by atoms with Gasteiger partial charge in [0.15, 0.2) is 0 Å². The number of fused-ring (bicyclic) bond motifs is 3. The molecule has 0 radical (unpaired) electrons. The van der Waals surface area contributed by atoms with Crippen LogP contribution in [0.5, 0.6) is 0 Å². The number of nitrogens with one attached hydrogen (secondary N) is 1. The normalized spacial score (nSPS) is 23.6. The first kappa shape index (κ1) is 25.3. The number of alkyl halides is 2. The number of amides is 1. The first-order valence-corrected chi connectivity index (χ1v) is 12.7. The van der Waals surface area contributed by atoms with Crippen LogP contribution in [0.1, 0.15) is 74.0 Å². The van der Waals surface area contributed by atoms with E-state index in [2.05, 4.69) is 15.3 Å². The van der Waals surface area contributed by atoms with Crippen molar-refractivity contribution < 1.29 is 13.6 Å². The molecular formula is C28H33F2N5O2. The predicted molar refractivity (Wildman–Crippen MR) is 139 cm³/mol. The summed E-state index contributed by atoms with van der Waals surface area (Å²) in [6, 6.07) is 6.16. The van der Waals surface area contributed by atoms with Crippen molar-refractivity contribution in [3.8, 4) is 0 Å². The van der Waals surface area contributed by atoms with Crippen LogP contribution >= 0.6 is 0 Å². The monoisotopic (exact) mass is 509 g/mol. The predicted octanol–water partition coefficient (Wildman–Crippen LogP) is 5.27. The lowest BCUT2D eigenvalue weighted by Gasteiger charge is -2.30. The average Bonchev–Trinajstić information content (AvgIpc) is 3.41. The van der Waals surface area contributed by atoms with E-state index < -0.39 is 17.4 Å². The first-order valence-electron chi connectivity index (χ1n) is 12.7. The van der Waals surface area contributed by atoms with Gasteiger partial charge in [0.05, 0.1) is 22.4 Å². The topological polar surface area (TPSA) is 80.1 Å². The Kier molecular flexibility index (Phi) is 6.08. The van der Waals surface area contributed by atoms with Crippen molar-refractivity contribution in [2.45, 2.75) is 70.9 Å². The fourth-order valence-electron chi connectivity index (χ4n) is 6.63. The number of benzene rings is 1. The molecule has 5 rings (SSSR count). The number of aryl methyl sites for hydroxylation is 1. The molecule has 0 spiro atoms. The van der Waals surface area contributed by atoms with E-state index in [1.165, 1.54) is 6.07 Å². The van der Waals surface area contributed by atoms with Gasteiger partial charge in [0, 0.05) is 37.5 Å². The summed E-state index contributed by atoms with van der Waals surface area (Å²) in [6.45, 7) is 5.37. The largest absolute Gasteiger partial charge is 0.363 e. The Morgan fingerprint density at radius 3 is 2.43 bits per heavy atom. The zero-order valence-electron chi connectivity index (χ0n) is 21.9. The van der Waals surface area contributed by atoms with Crippen molar-refractivity contribution in [3.05, 3.63) is 63.3 Å². The molecule has 2 bridgehead atoms. The molecule has 2 aliphatic rings. The maximum absolute atomic E-state index is 13.5. The van der Waals surface area contributed by atoms with E-state index >= 15 is 0 Å². The highest BCUT2D eigenvalue weighted by Gasteiger charge is 2.59. The number of carbonyl (C=O) groups is 1. The summed E-state index contributed by atoms with van der Waals surface area (Å²) in [5.74, 6) is 1.19. The Hall–Kier alpha value is -3.36. The van der Waals surface area contributed by atoms with Gasteiger partial charge in [-0.2, -0.15) is 0 Å². The Bertz CT molecular complexity index is 1440. The quantitative estimate of drug-likeness (QED) is 0.490. The molecule has 2 aliphatic carbocycles. The van der Waals surface area contributed by atoms with E-state index in [4.69, 9.17) is 0 Å². The van der Waals surface area contributed by atoms with Gasteiger partial charge in [-0.3, -0.25) is 9.59 Å². The SMILES string of the molecule is Cc1nc(NC(C)c2cccc(C(F)F)c2C)c2cn(C34CCC(C(=O)N(C)C)(CC3)C4)c(=O)cc2n1. The van der Waals surface area contributed by atoms with Crippen LogP contribution in [0.3, 0.4) is 0 Å². The second-order valence-electron chi connectivity index (χ2n) is 11.0. The van der Waals surface area contributed by atoms with Crippen LogP contribution in [0, 0.1) is 19.3 Å². The van der Waals surface area contributed by atoms with Crippen LogP contribution < -0.4 is 10.9 Å². The Morgan fingerprint density at radius 2 is 1.78 bits per heavy atom. The van der Waals surface area contributed by atoms with Crippen molar-refractivity contribution >= 4 is 22.6 Å². The molecule has 9 heteroatoms. The second-order valence-corrected chi connectivity index (χ2v) is 11.0. The standard InChI is InChI=1S/C28H33F2N5O2/c1-16-19(7-6-8-20(16)24(29)30)17(2)31-25-21-14-35(23(36)13-22(21)32-18(3)33-25)28-11-9-27(15-28,10-12-28)26(37)34(4)5/h6-8,13-14,17,24H,9-12,15H2,1-5H3,(H,31,32,33). The maximum Gasteiger partial charge on any atom is 0.264 e. The number of nitrogens with zero attached hydrogens (tertiary/aromatic N) is 4. The Morgan fingerprint density at radius 1 is 1.11 bits per heavy atom. The van der Waals surface area contributed by atoms with Crippen molar-refractivity contribution in [1.29, 1.82) is 0 Å². The molecule has 0 saturated heterocycles. The number of rotatable bonds is 6. The van der Waals surface area contributed by atoms with E-state index in [1.807, 2.05) is 19.2 Å². The number of hydrogen-bond donors (Lipinski definition) is 1. The molecule has 2 fully saturated rings. The van der Waals surface area contributed by atoms with Gasteiger partial charge < -0.3 is 14.8 Å². The van der Waals surface area contributed by atoms with Gasteiger partial charge in [0.2, 0.25) is 5.91 Å². The lowest BCUT2D eigenvalue weighted by molar-refractivity contribution is -0.139. The number of carbonyl (C=O) groups excluding carboxylic acids is 1. The fourth-order valence-corrected chi connectivity index (χ4v) is 6.63. The van der Waals surface area contributed by atoms with E-state index in [0.29, 0.717) is 34.5 Å². The zero-order valence-corrected chi connectivity index (χ0v) is 21.9. The van der Waals surface area contributed by atoms with E-state index in [-0.39, 0.29) is 23.1 Å². The summed E-state index contributed by atoms with van der Waals surface area (Å²) in [6.07, 6.45) is 2.99. The summed E-state index contributed by atoms with van der Waals surface area (Å²) < 4.78 is 28.8. The van der Waals surface area contributed by atoms with E-state index in [1.54, 1.807) is 49.5 Å². The molecule has 37 heavy (non-hydrogen) atoms. The summed E-state index contributed by atoms with van der Waals surface area (Å²) in [5.41, 5.74) is 0.887. The van der Waals surface area contributed by atoms with Crippen LogP contribution in [0.4, 0.5) is 14.6 Å². The van der Waals surface area contributed by atoms with Crippen LogP contribution in [-0.2, 0) is 10.3 Å². The van der Waals surface area contributed by atoms with Crippen LogP contribution in [0.25, 0.3) is 10.9 Å². The highest BCUT2D eigenvalue weighted by Crippen LogP contribution is 2.60. The van der Waals surface area contributed by atoms with Crippen LogP contribution in [0.15, 0.2) is 35.3 Å². The number of aromatic nitrogens is 3. The van der Waals surface area contributed by atoms with Gasteiger partial charge in [0.1, 0.15) is 11.6 Å². The average molecular weight is 510 g/mol. The number of hydrogen-bond acceptors (Lipinski definition) is 5. The van der Waals surface area contributed by atoms with E-state index in [9.17, 15) is 18.4 Å². The minimum Gasteiger partial charge on any atom is -0.363 e. The fraction of sp³-hybridized carbons (Fsp3) is 0.500. The summed E-state index contributed by atoms with van der Waals surface area (Å²) in [5, 5.41) is 4.09. The third-order valence-corrected chi connectivity index (χ3v) is 8.49. The molecule has 7 nitrogen and oxygen atoms in total. The third kappa shape index (κ3) is 4.08. The molecule has 1 aromatic carbocycles. The minimum absolute atomic E-state index is 0.0148. The molecule has 2 saturated carbocycles. The molecular weight excluding hydrogens is 476 g/mol. The molecule has 2 heterocycles. The minimum atomic E-state index is -2.55. The third-order valence-electron chi connectivity index (χ3n) is 8.49. The van der Waals surface area contributed by atoms with Gasteiger partial charge in [-0.25, -0.2) is 18.7 Å². The molecule has 1 amide bonds. The smallest absolute Gasteiger partial charge is 0.264 e. The molecule has 1 N–H and O–H groups in total. The Balaban J connectivity index is 1.55. The van der Waals surface area contributed by atoms with Gasteiger partial charge in [-0.15, -0.1) is 0 Å². The van der Waals surface area contributed by atoms with Crippen LogP contribution in [0.2, 0.25) is 0 Å². The lowest BCUT2D eigenvalue weighted by atomic mass is 9.83. The molecule has 2 aromatic heterocycles. The summed E-state index contributed by atoms with van der Waals surface area (Å²) in [4.78, 5) is 37.1. The first-order chi connectivity index (χ1) is 17.5. The highest BCUT2D eigenvalue weighted by molar-refractivity contribution is 5.88. The van der Waals surface area contributed by atoms with E-state index in [0.717, 1.165) is 31.2 Å². The molecule has 196 valence electrons. The van der Waals surface area contributed by atoms with Gasteiger partial charge >= 0.3 is 0 Å². The maximum atomic E-state index is 13.5. The Labute approximate surface area is 214 Å². The van der Waals surface area contributed by atoms with Gasteiger partial charge in [-0.1, -0.05) is 18.2 Å². The molecule has 1 unspecified atom stereocenters. The lowest BCUT2D eigenvalue weighted by Crippen LogP contribution is -2.37. The van der Waals surface area contributed by atoms with Crippen molar-refractivity contribution in [1.82, 2.24) is 19.4 Å². The van der Waals surface area contributed by atoms with Crippen molar-refractivity contribution in [3.63, 3.8) is 0 Å². The number of anilines is 1. The summed E-state index contributed by atoms with van der Waals surface area (Å²) in [7, 11) is 3.57. The van der Waals surface area contributed by atoms with Crippen LogP contribution in [-0.4, -0.2) is 39.4 Å². The molecule has 1 atom stereocenters. The van der Waals surface area contributed by atoms with Gasteiger partial charge in [-0.05, 0) is 64.0 Å². The zero-order chi connectivity index (χ0) is 26.7. The molecule has 3 aromatic rings. The molecule has 0 aliphatic heterocycles. The van der Waals surface area contributed by atoms with Crippen molar-refractivity contribution in [2.24, 2.45) is 5.41 Å². The summed E-state index contributed by atoms with van der Waals surface area (Å²) >= 11 is 0.